The fourth-order valence-corrected chi connectivity index (χ4v) is 4.49. The Balaban J connectivity index is 1.29. The summed E-state index contributed by atoms with van der Waals surface area (Å²) < 4.78 is 7.62. The van der Waals surface area contributed by atoms with Crippen molar-refractivity contribution in [2.45, 2.75) is 32.6 Å². The molecule has 0 amide bonds. The summed E-state index contributed by atoms with van der Waals surface area (Å²) >= 11 is 0. The summed E-state index contributed by atoms with van der Waals surface area (Å²) in [6.45, 7) is 2.15. The summed E-state index contributed by atoms with van der Waals surface area (Å²) in [5.41, 5.74) is 7.37. The van der Waals surface area contributed by atoms with Crippen LogP contribution in [0.15, 0.2) is 60.9 Å². The SMILES string of the molecule is COc1ccc2[nH]cc(CCCc3nccc(Cc4cccc5c4cc(C)n5C)n3)c2c1. The highest BCUT2D eigenvalue weighted by atomic mass is 16.5. The highest BCUT2D eigenvalue weighted by Gasteiger charge is 2.10. The molecule has 5 aromatic rings. The molecule has 5 nitrogen and oxygen atoms in total. The van der Waals surface area contributed by atoms with Gasteiger partial charge in [-0.05, 0) is 67.3 Å². The summed E-state index contributed by atoms with van der Waals surface area (Å²) in [6, 6.07) is 17.0. The van der Waals surface area contributed by atoms with Crippen LogP contribution in [0.5, 0.6) is 5.75 Å². The van der Waals surface area contributed by atoms with Crippen molar-refractivity contribution in [1.82, 2.24) is 19.5 Å². The fraction of sp³-hybridized carbons (Fsp3) is 0.259. The van der Waals surface area contributed by atoms with Crippen LogP contribution < -0.4 is 4.74 Å². The second-order valence-electron chi connectivity index (χ2n) is 8.41. The first-order valence-electron chi connectivity index (χ1n) is 11.1. The average molecular weight is 425 g/mol. The largest absolute Gasteiger partial charge is 0.497 e. The first-order valence-corrected chi connectivity index (χ1v) is 11.1. The molecular weight excluding hydrogens is 396 g/mol. The predicted molar refractivity (Wildman–Crippen MR) is 129 cm³/mol. The van der Waals surface area contributed by atoms with E-state index >= 15 is 0 Å². The zero-order chi connectivity index (χ0) is 22.1. The number of fused-ring (bicyclic) bond motifs is 2. The van der Waals surface area contributed by atoms with Gasteiger partial charge in [0.25, 0.3) is 0 Å². The molecular formula is C27H28N4O. The molecule has 0 aliphatic rings. The molecule has 3 heterocycles. The molecule has 0 saturated carbocycles. The van der Waals surface area contributed by atoms with Gasteiger partial charge in [-0.25, -0.2) is 9.97 Å². The third kappa shape index (κ3) is 3.86. The van der Waals surface area contributed by atoms with Gasteiger partial charge in [0.15, 0.2) is 0 Å². The summed E-state index contributed by atoms with van der Waals surface area (Å²) in [4.78, 5) is 12.8. The Bertz CT molecular complexity index is 1400. The number of ether oxygens (including phenoxy) is 1. The maximum Gasteiger partial charge on any atom is 0.128 e. The number of aromatic amines is 1. The van der Waals surface area contributed by atoms with Crippen LogP contribution in [0, 0.1) is 6.92 Å². The summed E-state index contributed by atoms with van der Waals surface area (Å²) in [7, 11) is 3.82. The molecule has 5 rings (SSSR count). The third-order valence-electron chi connectivity index (χ3n) is 6.37. The number of aryl methyl sites for hydroxylation is 4. The van der Waals surface area contributed by atoms with Crippen molar-refractivity contribution in [1.29, 1.82) is 0 Å². The Labute approximate surface area is 188 Å². The summed E-state index contributed by atoms with van der Waals surface area (Å²) in [5.74, 6) is 1.80. The number of hydrogen-bond acceptors (Lipinski definition) is 3. The molecule has 0 spiro atoms. The van der Waals surface area contributed by atoms with E-state index < -0.39 is 0 Å². The number of nitrogens with one attached hydrogen (secondary N) is 1. The van der Waals surface area contributed by atoms with Crippen molar-refractivity contribution in [3.63, 3.8) is 0 Å². The van der Waals surface area contributed by atoms with Gasteiger partial charge in [0, 0.05) is 65.5 Å². The molecule has 0 atom stereocenters. The van der Waals surface area contributed by atoms with Gasteiger partial charge in [-0.2, -0.15) is 0 Å². The fourth-order valence-electron chi connectivity index (χ4n) is 4.49. The summed E-state index contributed by atoms with van der Waals surface area (Å²) in [5, 5.41) is 2.53. The zero-order valence-electron chi connectivity index (χ0n) is 18.9. The van der Waals surface area contributed by atoms with Gasteiger partial charge in [-0.3, -0.25) is 0 Å². The second-order valence-corrected chi connectivity index (χ2v) is 8.41. The molecule has 0 aliphatic heterocycles. The Morgan fingerprint density at radius 2 is 1.91 bits per heavy atom. The maximum atomic E-state index is 5.38. The van der Waals surface area contributed by atoms with Crippen LogP contribution in [-0.4, -0.2) is 26.6 Å². The van der Waals surface area contributed by atoms with Gasteiger partial charge in [0.2, 0.25) is 0 Å². The molecule has 3 aromatic heterocycles. The topological polar surface area (TPSA) is 55.7 Å². The number of benzene rings is 2. The van der Waals surface area contributed by atoms with Gasteiger partial charge in [0.1, 0.15) is 11.6 Å². The first-order chi connectivity index (χ1) is 15.6. The number of nitrogens with zero attached hydrogens (tertiary/aromatic N) is 3. The van der Waals surface area contributed by atoms with Crippen molar-refractivity contribution in [3.05, 3.63) is 89.3 Å². The molecule has 0 aliphatic carbocycles. The molecule has 0 bridgehead atoms. The van der Waals surface area contributed by atoms with E-state index in [0.29, 0.717) is 0 Å². The van der Waals surface area contributed by atoms with Gasteiger partial charge in [-0.15, -0.1) is 0 Å². The van der Waals surface area contributed by atoms with Crippen LogP contribution in [0.2, 0.25) is 0 Å². The van der Waals surface area contributed by atoms with Crippen LogP contribution >= 0.6 is 0 Å². The van der Waals surface area contributed by atoms with Gasteiger partial charge >= 0.3 is 0 Å². The average Bonchev–Trinajstić information content (AvgIpc) is 3.35. The Hall–Kier alpha value is -3.60. The molecule has 32 heavy (non-hydrogen) atoms. The molecule has 0 unspecified atom stereocenters. The van der Waals surface area contributed by atoms with Crippen molar-refractivity contribution < 1.29 is 4.74 Å². The molecule has 0 fully saturated rings. The molecule has 5 heteroatoms. The molecule has 1 N–H and O–H groups in total. The zero-order valence-corrected chi connectivity index (χ0v) is 18.9. The predicted octanol–water partition coefficient (Wildman–Crippen LogP) is 5.53. The Morgan fingerprint density at radius 1 is 1.00 bits per heavy atom. The lowest BCUT2D eigenvalue weighted by Gasteiger charge is -2.06. The van der Waals surface area contributed by atoms with Crippen LogP contribution in [0.4, 0.5) is 0 Å². The molecule has 162 valence electrons. The summed E-state index contributed by atoms with van der Waals surface area (Å²) in [6.07, 6.45) is 7.65. The molecule has 2 aromatic carbocycles. The second kappa shape index (κ2) is 8.50. The van der Waals surface area contributed by atoms with E-state index in [2.05, 4.69) is 71.1 Å². The van der Waals surface area contributed by atoms with Crippen LogP contribution in [-0.2, 0) is 26.3 Å². The number of rotatable bonds is 7. The third-order valence-corrected chi connectivity index (χ3v) is 6.37. The van der Waals surface area contributed by atoms with Crippen molar-refractivity contribution in [2.24, 2.45) is 7.05 Å². The van der Waals surface area contributed by atoms with Crippen molar-refractivity contribution in [2.75, 3.05) is 7.11 Å². The van der Waals surface area contributed by atoms with Gasteiger partial charge < -0.3 is 14.3 Å². The highest BCUT2D eigenvalue weighted by Crippen LogP contribution is 2.26. The van der Waals surface area contributed by atoms with Gasteiger partial charge in [0.05, 0.1) is 7.11 Å². The van der Waals surface area contributed by atoms with Crippen LogP contribution in [0.1, 0.15) is 34.8 Å². The van der Waals surface area contributed by atoms with Crippen LogP contribution in [0.25, 0.3) is 21.8 Å². The van der Waals surface area contributed by atoms with Crippen LogP contribution in [0.3, 0.4) is 0 Å². The lowest BCUT2D eigenvalue weighted by molar-refractivity contribution is 0.415. The highest BCUT2D eigenvalue weighted by molar-refractivity contribution is 5.85. The van der Waals surface area contributed by atoms with E-state index in [9.17, 15) is 0 Å². The monoisotopic (exact) mass is 424 g/mol. The standard InChI is InChI=1S/C27H28N4O/c1-18-14-24-19(6-4-8-26(24)31(18)2)15-21-12-13-28-27(30-21)9-5-7-20-17-29-25-11-10-22(32-3)16-23(20)25/h4,6,8,10-14,16-17,29H,5,7,9,15H2,1-3H3. The first kappa shape index (κ1) is 20.3. The molecule has 0 radical (unpaired) electrons. The number of methoxy groups -OCH3 is 1. The quantitative estimate of drug-likeness (QED) is 0.374. The Morgan fingerprint density at radius 3 is 2.78 bits per heavy atom. The number of H-pyrrole nitrogens is 1. The Kier molecular flexibility index (Phi) is 5.39. The van der Waals surface area contributed by atoms with E-state index in [1.807, 2.05) is 18.3 Å². The number of aromatic nitrogens is 4. The van der Waals surface area contributed by atoms with Crippen molar-refractivity contribution >= 4 is 21.8 Å². The number of hydrogen-bond donors (Lipinski definition) is 1. The minimum atomic E-state index is 0.818. The van der Waals surface area contributed by atoms with Crippen molar-refractivity contribution in [3.8, 4) is 5.75 Å². The van der Waals surface area contributed by atoms with Gasteiger partial charge in [-0.1, -0.05) is 12.1 Å². The lowest BCUT2D eigenvalue weighted by Crippen LogP contribution is -2.01. The normalized spacial score (nSPS) is 11.5. The van der Waals surface area contributed by atoms with E-state index in [-0.39, 0.29) is 0 Å². The smallest absolute Gasteiger partial charge is 0.128 e. The van der Waals surface area contributed by atoms with E-state index in [1.165, 1.54) is 33.1 Å². The minimum absolute atomic E-state index is 0.818. The van der Waals surface area contributed by atoms with E-state index in [1.54, 1.807) is 7.11 Å². The molecule has 0 saturated heterocycles. The lowest BCUT2D eigenvalue weighted by atomic mass is 10.0. The van der Waals surface area contributed by atoms with E-state index in [0.717, 1.165) is 48.5 Å². The maximum absolute atomic E-state index is 5.38. The minimum Gasteiger partial charge on any atom is -0.497 e. The van der Waals surface area contributed by atoms with E-state index in [4.69, 9.17) is 9.72 Å².